The fourth-order valence-electron chi connectivity index (χ4n) is 7.47. The summed E-state index contributed by atoms with van der Waals surface area (Å²) in [5.74, 6) is 1.83. The number of amidine groups is 1. The van der Waals surface area contributed by atoms with Gasteiger partial charge in [-0.05, 0) is 80.9 Å². The summed E-state index contributed by atoms with van der Waals surface area (Å²) >= 11 is 6.40. The maximum absolute atomic E-state index is 12.6. The molecule has 1 aromatic rings. The van der Waals surface area contributed by atoms with Crippen LogP contribution in [-0.2, 0) is 0 Å². The number of piperidine rings is 2. The van der Waals surface area contributed by atoms with Crippen molar-refractivity contribution in [3.8, 4) is 6.07 Å². The van der Waals surface area contributed by atoms with E-state index in [9.17, 15) is 15.2 Å². The first-order valence-corrected chi connectivity index (χ1v) is 14.9. The standard InChI is InChI=1S/C29H39ClN6O2/c30-25-15-23(6-5-21(25)19-31)36-26(20-3-1-2-4-20)16-27(33-36)34-13-9-29(10-14-34)17-22(18-29)32-28(38)35-11-7-24(37)8-12-35/h5-6,15,20,22,24,26,37H,1-4,7-14,16-18H2,(H,32,38). The number of amides is 2. The number of nitriles is 1. The number of hydrazone groups is 1. The number of hydrogen-bond donors (Lipinski definition) is 2. The molecule has 4 fully saturated rings. The molecule has 0 bridgehead atoms. The Balaban J connectivity index is 1.06. The molecular weight excluding hydrogens is 500 g/mol. The summed E-state index contributed by atoms with van der Waals surface area (Å²) in [6.07, 6.45) is 11.6. The Kier molecular flexibility index (Phi) is 7.17. The number of nitrogens with zero attached hydrogens (tertiary/aromatic N) is 5. The lowest BCUT2D eigenvalue weighted by Crippen LogP contribution is -2.58. The first-order chi connectivity index (χ1) is 18.4. The van der Waals surface area contributed by atoms with Gasteiger partial charge in [0.1, 0.15) is 11.9 Å². The second kappa shape index (κ2) is 10.6. The normalized spacial score (nSPS) is 26.4. The predicted molar refractivity (Wildman–Crippen MR) is 148 cm³/mol. The van der Waals surface area contributed by atoms with Crippen molar-refractivity contribution in [2.45, 2.75) is 88.8 Å². The number of urea groups is 1. The quantitative estimate of drug-likeness (QED) is 0.581. The van der Waals surface area contributed by atoms with Crippen molar-refractivity contribution in [1.29, 1.82) is 5.26 Å². The lowest BCUT2D eigenvalue weighted by atomic mass is 9.60. The third kappa shape index (κ3) is 5.08. The molecule has 9 heteroatoms. The van der Waals surface area contributed by atoms with E-state index in [1.165, 1.54) is 31.5 Å². The van der Waals surface area contributed by atoms with Crippen molar-refractivity contribution in [2.75, 3.05) is 31.2 Å². The zero-order valence-electron chi connectivity index (χ0n) is 22.1. The molecule has 2 saturated carbocycles. The third-order valence-electron chi connectivity index (χ3n) is 9.84. The van der Waals surface area contributed by atoms with E-state index in [0.717, 1.165) is 50.9 Å². The van der Waals surface area contributed by atoms with Gasteiger partial charge in [0.15, 0.2) is 0 Å². The SMILES string of the molecule is N#Cc1ccc(N2N=C(N3CCC4(CC3)CC(NC(=O)N3CCC(O)CC3)C4)CC2C2CCCC2)cc1Cl. The van der Waals surface area contributed by atoms with Crippen molar-refractivity contribution in [3.05, 3.63) is 28.8 Å². The van der Waals surface area contributed by atoms with Crippen LogP contribution in [0.2, 0.25) is 5.02 Å². The van der Waals surface area contributed by atoms with Gasteiger partial charge >= 0.3 is 6.03 Å². The van der Waals surface area contributed by atoms with E-state index in [4.69, 9.17) is 16.7 Å². The number of rotatable bonds is 3. The van der Waals surface area contributed by atoms with Gasteiger partial charge in [-0.15, -0.1) is 0 Å². The van der Waals surface area contributed by atoms with Gasteiger partial charge in [-0.25, -0.2) is 4.79 Å². The molecule has 5 aliphatic rings. The average molecular weight is 539 g/mol. The first kappa shape index (κ1) is 25.8. The highest BCUT2D eigenvalue weighted by Gasteiger charge is 2.48. The van der Waals surface area contributed by atoms with Crippen molar-refractivity contribution in [3.63, 3.8) is 0 Å². The van der Waals surface area contributed by atoms with Gasteiger partial charge < -0.3 is 20.2 Å². The van der Waals surface area contributed by atoms with E-state index in [-0.39, 0.29) is 18.2 Å². The van der Waals surface area contributed by atoms with Crippen LogP contribution in [0, 0.1) is 22.7 Å². The highest BCUT2D eigenvalue weighted by Crippen LogP contribution is 2.49. The largest absolute Gasteiger partial charge is 0.393 e. The number of anilines is 1. The summed E-state index contributed by atoms with van der Waals surface area (Å²) in [5, 5.41) is 30.1. The van der Waals surface area contributed by atoms with E-state index < -0.39 is 0 Å². The molecule has 3 aliphatic heterocycles. The van der Waals surface area contributed by atoms with Crippen LogP contribution in [0.3, 0.4) is 0 Å². The van der Waals surface area contributed by atoms with Crippen LogP contribution in [0.15, 0.2) is 23.3 Å². The highest BCUT2D eigenvalue weighted by molar-refractivity contribution is 6.32. The summed E-state index contributed by atoms with van der Waals surface area (Å²) in [5.41, 5.74) is 1.83. The average Bonchev–Trinajstić information content (AvgIpc) is 3.59. The Bertz CT molecular complexity index is 1100. The van der Waals surface area contributed by atoms with Crippen molar-refractivity contribution in [2.24, 2.45) is 16.4 Å². The minimum Gasteiger partial charge on any atom is -0.393 e. The van der Waals surface area contributed by atoms with Gasteiger partial charge in [-0.2, -0.15) is 10.4 Å². The molecule has 1 unspecified atom stereocenters. The monoisotopic (exact) mass is 538 g/mol. The number of nitrogens with one attached hydrogen (secondary N) is 1. The Morgan fingerprint density at radius 2 is 1.82 bits per heavy atom. The molecule has 0 radical (unpaired) electrons. The fraction of sp³-hybridized carbons (Fsp3) is 0.690. The van der Waals surface area contributed by atoms with Crippen molar-refractivity contribution < 1.29 is 9.90 Å². The van der Waals surface area contributed by atoms with Crippen molar-refractivity contribution >= 4 is 29.2 Å². The van der Waals surface area contributed by atoms with E-state index in [0.29, 0.717) is 53.9 Å². The van der Waals surface area contributed by atoms with Crippen LogP contribution >= 0.6 is 11.6 Å². The highest BCUT2D eigenvalue weighted by atomic mass is 35.5. The Morgan fingerprint density at radius 3 is 2.47 bits per heavy atom. The molecule has 1 aromatic carbocycles. The number of carbonyl (C=O) groups is 1. The molecule has 3 heterocycles. The Hall–Kier alpha value is -2.50. The molecule has 1 atom stereocenters. The summed E-state index contributed by atoms with van der Waals surface area (Å²) < 4.78 is 0. The summed E-state index contributed by atoms with van der Waals surface area (Å²) in [6.45, 7) is 3.33. The second-order valence-electron chi connectivity index (χ2n) is 12.2. The molecule has 2 aliphatic carbocycles. The molecule has 8 nitrogen and oxygen atoms in total. The number of hydrogen-bond acceptors (Lipinski definition) is 6. The van der Waals surface area contributed by atoms with Gasteiger partial charge in [0.25, 0.3) is 0 Å². The second-order valence-corrected chi connectivity index (χ2v) is 12.6. The Morgan fingerprint density at radius 1 is 1.11 bits per heavy atom. The van der Waals surface area contributed by atoms with Gasteiger partial charge in [-0.3, -0.25) is 5.01 Å². The zero-order valence-corrected chi connectivity index (χ0v) is 22.9. The van der Waals surface area contributed by atoms with Crippen LogP contribution < -0.4 is 10.3 Å². The maximum Gasteiger partial charge on any atom is 0.317 e. The fourth-order valence-corrected chi connectivity index (χ4v) is 7.69. The lowest BCUT2D eigenvalue weighted by Gasteiger charge is -2.52. The third-order valence-corrected chi connectivity index (χ3v) is 10.2. The van der Waals surface area contributed by atoms with E-state index in [2.05, 4.69) is 21.3 Å². The molecule has 1 spiro atoms. The van der Waals surface area contributed by atoms with Gasteiger partial charge in [-0.1, -0.05) is 24.4 Å². The molecule has 2 saturated heterocycles. The molecule has 38 heavy (non-hydrogen) atoms. The topological polar surface area (TPSA) is 95.2 Å². The zero-order chi connectivity index (χ0) is 26.3. The summed E-state index contributed by atoms with van der Waals surface area (Å²) in [6, 6.07) is 8.51. The van der Waals surface area contributed by atoms with Gasteiger partial charge in [0.2, 0.25) is 0 Å². The molecule has 204 valence electrons. The van der Waals surface area contributed by atoms with E-state index in [1.807, 2.05) is 23.1 Å². The minimum absolute atomic E-state index is 0.0375. The number of halogens is 1. The molecule has 2 N–H and O–H groups in total. The molecular formula is C29H39ClN6O2. The van der Waals surface area contributed by atoms with Crippen LogP contribution in [0.25, 0.3) is 0 Å². The van der Waals surface area contributed by atoms with Gasteiger partial charge in [0, 0.05) is 38.6 Å². The lowest BCUT2D eigenvalue weighted by molar-refractivity contribution is 0.0238. The number of carbonyl (C=O) groups excluding carboxylic acids is 1. The predicted octanol–water partition coefficient (Wildman–Crippen LogP) is 4.70. The first-order valence-electron chi connectivity index (χ1n) is 14.5. The molecule has 0 aromatic heterocycles. The Labute approximate surface area is 230 Å². The number of benzene rings is 1. The number of aliphatic hydroxyl groups excluding tert-OH is 1. The number of aliphatic hydroxyl groups is 1. The molecule has 6 rings (SSSR count). The van der Waals surface area contributed by atoms with Crippen LogP contribution in [0.1, 0.15) is 76.2 Å². The van der Waals surface area contributed by atoms with Gasteiger partial charge in [0.05, 0.1) is 28.4 Å². The van der Waals surface area contributed by atoms with Crippen molar-refractivity contribution in [1.82, 2.24) is 15.1 Å². The van der Waals surface area contributed by atoms with Crippen LogP contribution in [-0.4, -0.2) is 71.1 Å². The van der Waals surface area contributed by atoms with E-state index in [1.54, 1.807) is 0 Å². The minimum atomic E-state index is -0.261. The van der Waals surface area contributed by atoms with E-state index >= 15 is 0 Å². The van der Waals surface area contributed by atoms with Crippen LogP contribution in [0.5, 0.6) is 0 Å². The summed E-state index contributed by atoms with van der Waals surface area (Å²) in [4.78, 5) is 17.0. The maximum atomic E-state index is 12.6. The summed E-state index contributed by atoms with van der Waals surface area (Å²) in [7, 11) is 0. The number of likely N-dealkylation sites (tertiary alicyclic amines) is 2. The smallest absolute Gasteiger partial charge is 0.317 e. The van der Waals surface area contributed by atoms with Crippen LogP contribution in [0.4, 0.5) is 10.5 Å². The molecule has 2 amide bonds.